The average Bonchev–Trinajstić information content (AvgIpc) is 2.94. The molecule has 122 valence electrons. The van der Waals surface area contributed by atoms with Gasteiger partial charge in [-0.25, -0.2) is 4.98 Å². The van der Waals surface area contributed by atoms with Gasteiger partial charge in [0.15, 0.2) is 0 Å². The number of likely N-dealkylation sites (tertiary alicyclic amines) is 1. The lowest BCUT2D eigenvalue weighted by atomic mass is 9.95. The standard InChI is InChI=1S/C16H22N6O/c17-15-11-18-14(10-19-15)9-13-3-1-6-21(8-4-13)16(23)12-22-7-2-5-20-22/h2,5,7,10-11,13H,1,3-4,6,8-9,12H2,(H2,17,19). The topological polar surface area (TPSA) is 89.9 Å². The SMILES string of the molecule is Nc1cnc(CC2CCCN(C(=O)Cn3cccn3)CC2)cn1. The summed E-state index contributed by atoms with van der Waals surface area (Å²) in [4.78, 5) is 22.7. The summed E-state index contributed by atoms with van der Waals surface area (Å²) >= 11 is 0. The molecule has 3 heterocycles. The molecule has 1 amide bonds. The van der Waals surface area contributed by atoms with Crippen LogP contribution in [-0.4, -0.2) is 43.6 Å². The van der Waals surface area contributed by atoms with Crippen LogP contribution in [0.2, 0.25) is 0 Å². The third kappa shape index (κ3) is 4.28. The maximum absolute atomic E-state index is 12.3. The molecule has 2 N–H and O–H groups in total. The van der Waals surface area contributed by atoms with Gasteiger partial charge in [0.25, 0.3) is 0 Å². The van der Waals surface area contributed by atoms with Crippen molar-refractivity contribution < 1.29 is 4.79 Å². The van der Waals surface area contributed by atoms with Crippen LogP contribution in [-0.2, 0) is 17.8 Å². The zero-order valence-corrected chi connectivity index (χ0v) is 13.1. The Morgan fingerprint density at radius 2 is 2.17 bits per heavy atom. The minimum absolute atomic E-state index is 0.140. The first-order valence-electron chi connectivity index (χ1n) is 8.02. The molecular weight excluding hydrogens is 292 g/mol. The van der Waals surface area contributed by atoms with E-state index < -0.39 is 0 Å². The van der Waals surface area contributed by atoms with E-state index in [1.54, 1.807) is 23.3 Å². The highest BCUT2D eigenvalue weighted by molar-refractivity contribution is 5.75. The molecule has 1 atom stereocenters. The van der Waals surface area contributed by atoms with Crippen LogP contribution in [0.3, 0.4) is 0 Å². The van der Waals surface area contributed by atoms with Crippen molar-refractivity contribution in [3.05, 3.63) is 36.5 Å². The Kier molecular flexibility index (Phi) is 4.85. The minimum Gasteiger partial charge on any atom is -0.382 e. The zero-order chi connectivity index (χ0) is 16.1. The highest BCUT2D eigenvalue weighted by atomic mass is 16.2. The third-order valence-corrected chi connectivity index (χ3v) is 4.28. The molecule has 0 saturated carbocycles. The predicted molar refractivity (Wildman–Crippen MR) is 86.3 cm³/mol. The van der Waals surface area contributed by atoms with Gasteiger partial charge >= 0.3 is 0 Å². The number of nitrogens with two attached hydrogens (primary N) is 1. The molecule has 0 bridgehead atoms. The van der Waals surface area contributed by atoms with Gasteiger partial charge in [-0.3, -0.25) is 14.5 Å². The van der Waals surface area contributed by atoms with Crippen molar-refractivity contribution in [3.8, 4) is 0 Å². The van der Waals surface area contributed by atoms with Crippen molar-refractivity contribution in [2.75, 3.05) is 18.8 Å². The van der Waals surface area contributed by atoms with Crippen LogP contribution in [0.1, 0.15) is 25.0 Å². The second kappa shape index (κ2) is 7.21. The van der Waals surface area contributed by atoms with E-state index in [9.17, 15) is 4.79 Å². The summed E-state index contributed by atoms with van der Waals surface area (Å²) in [7, 11) is 0. The number of hydrogen-bond donors (Lipinski definition) is 1. The van der Waals surface area contributed by atoms with E-state index >= 15 is 0 Å². The zero-order valence-electron chi connectivity index (χ0n) is 13.1. The van der Waals surface area contributed by atoms with Crippen LogP contribution in [0, 0.1) is 5.92 Å². The monoisotopic (exact) mass is 314 g/mol. The number of carbonyl (C=O) groups is 1. The molecule has 1 saturated heterocycles. The summed E-state index contributed by atoms with van der Waals surface area (Å²) in [6.07, 6.45) is 10.9. The van der Waals surface area contributed by atoms with Gasteiger partial charge < -0.3 is 10.6 Å². The van der Waals surface area contributed by atoms with Gasteiger partial charge in [-0.15, -0.1) is 0 Å². The number of hydrogen-bond acceptors (Lipinski definition) is 5. The Labute approximate surface area is 135 Å². The maximum Gasteiger partial charge on any atom is 0.244 e. The summed E-state index contributed by atoms with van der Waals surface area (Å²) in [6, 6.07) is 1.83. The molecule has 3 rings (SSSR count). The first-order valence-corrected chi connectivity index (χ1v) is 8.02. The Morgan fingerprint density at radius 1 is 1.26 bits per heavy atom. The number of nitrogens with zero attached hydrogens (tertiary/aromatic N) is 5. The van der Waals surface area contributed by atoms with E-state index in [4.69, 9.17) is 5.73 Å². The molecule has 2 aromatic rings. The Balaban J connectivity index is 1.52. The van der Waals surface area contributed by atoms with Crippen LogP contribution in [0.4, 0.5) is 5.82 Å². The molecule has 7 heteroatoms. The molecule has 1 aliphatic heterocycles. The number of carbonyl (C=O) groups excluding carboxylic acids is 1. The maximum atomic E-state index is 12.3. The Morgan fingerprint density at radius 3 is 2.91 bits per heavy atom. The van der Waals surface area contributed by atoms with Crippen molar-refractivity contribution in [3.63, 3.8) is 0 Å². The number of nitrogen functional groups attached to an aromatic ring is 1. The summed E-state index contributed by atoms with van der Waals surface area (Å²) in [5.41, 5.74) is 6.54. The van der Waals surface area contributed by atoms with Gasteiger partial charge in [0, 0.05) is 25.5 Å². The van der Waals surface area contributed by atoms with Crippen molar-refractivity contribution in [1.82, 2.24) is 24.6 Å². The second-order valence-electron chi connectivity index (χ2n) is 6.02. The fraction of sp³-hybridized carbons (Fsp3) is 0.500. The number of anilines is 1. The fourth-order valence-corrected chi connectivity index (χ4v) is 3.02. The van der Waals surface area contributed by atoms with Crippen molar-refractivity contribution in [2.45, 2.75) is 32.2 Å². The Bertz CT molecular complexity index is 625. The Hall–Kier alpha value is -2.44. The van der Waals surface area contributed by atoms with Crippen LogP contribution >= 0.6 is 0 Å². The van der Waals surface area contributed by atoms with Crippen LogP contribution < -0.4 is 5.73 Å². The van der Waals surface area contributed by atoms with Crippen molar-refractivity contribution in [2.24, 2.45) is 5.92 Å². The molecule has 1 aliphatic rings. The van der Waals surface area contributed by atoms with E-state index in [-0.39, 0.29) is 5.91 Å². The lowest BCUT2D eigenvalue weighted by Gasteiger charge is -2.20. The summed E-state index contributed by atoms with van der Waals surface area (Å²) in [6.45, 7) is 1.94. The van der Waals surface area contributed by atoms with Gasteiger partial charge in [0.05, 0.1) is 18.1 Å². The quantitative estimate of drug-likeness (QED) is 0.913. The van der Waals surface area contributed by atoms with Crippen LogP contribution in [0.5, 0.6) is 0 Å². The molecule has 2 aromatic heterocycles. The lowest BCUT2D eigenvalue weighted by Crippen LogP contribution is -2.34. The van der Waals surface area contributed by atoms with E-state index in [0.29, 0.717) is 18.3 Å². The lowest BCUT2D eigenvalue weighted by molar-refractivity contribution is -0.132. The molecule has 23 heavy (non-hydrogen) atoms. The highest BCUT2D eigenvalue weighted by Crippen LogP contribution is 2.21. The third-order valence-electron chi connectivity index (χ3n) is 4.28. The summed E-state index contributed by atoms with van der Waals surface area (Å²) in [5, 5.41) is 4.10. The van der Waals surface area contributed by atoms with Gasteiger partial charge in [-0.1, -0.05) is 0 Å². The largest absolute Gasteiger partial charge is 0.382 e. The van der Waals surface area contributed by atoms with Gasteiger partial charge in [0.2, 0.25) is 5.91 Å². The number of rotatable bonds is 4. The molecule has 0 radical (unpaired) electrons. The molecule has 0 aliphatic carbocycles. The molecule has 1 unspecified atom stereocenters. The molecular formula is C16H22N6O. The predicted octanol–water partition coefficient (Wildman–Crippen LogP) is 1.13. The normalized spacial score (nSPS) is 18.6. The molecule has 7 nitrogen and oxygen atoms in total. The fourth-order valence-electron chi connectivity index (χ4n) is 3.02. The highest BCUT2D eigenvalue weighted by Gasteiger charge is 2.21. The van der Waals surface area contributed by atoms with E-state index in [1.165, 1.54) is 0 Å². The van der Waals surface area contributed by atoms with Gasteiger partial charge in [-0.05, 0) is 37.7 Å². The van der Waals surface area contributed by atoms with E-state index in [0.717, 1.165) is 44.5 Å². The van der Waals surface area contributed by atoms with Crippen LogP contribution in [0.25, 0.3) is 0 Å². The van der Waals surface area contributed by atoms with Gasteiger partial charge in [0.1, 0.15) is 12.4 Å². The second-order valence-corrected chi connectivity index (χ2v) is 6.02. The number of amides is 1. The summed E-state index contributed by atoms with van der Waals surface area (Å²) < 4.78 is 1.68. The van der Waals surface area contributed by atoms with E-state index in [2.05, 4.69) is 15.1 Å². The first-order chi connectivity index (χ1) is 11.2. The van der Waals surface area contributed by atoms with Gasteiger partial charge in [-0.2, -0.15) is 5.10 Å². The van der Waals surface area contributed by atoms with Crippen LogP contribution in [0.15, 0.2) is 30.9 Å². The van der Waals surface area contributed by atoms with Crippen molar-refractivity contribution in [1.29, 1.82) is 0 Å². The smallest absolute Gasteiger partial charge is 0.244 e. The molecule has 0 aromatic carbocycles. The van der Waals surface area contributed by atoms with Crippen molar-refractivity contribution >= 4 is 11.7 Å². The number of aromatic nitrogens is 4. The minimum atomic E-state index is 0.140. The average molecular weight is 314 g/mol. The summed E-state index contributed by atoms with van der Waals surface area (Å²) in [5.74, 6) is 1.13. The van der Waals surface area contributed by atoms with E-state index in [1.807, 2.05) is 17.2 Å². The first kappa shape index (κ1) is 15.5. The molecule has 0 spiro atoms. The molecule has 1 fully saturated rings.